The van der Waals surface area contributed by atoms with Crippen molar-refractivity contribution in [2.24, 2.45) is 11.8 Å². The lowest BCUT2D eigenvalue weighted by atomic mass is 9.84. The van der Waals surface area contributed by atoms with Crippen LogP contribution in [-0.4, -0.2) is 43.2 Å². The Morgan fingerprint density at radius 1 is 1.13 bits per heavy atom. The number of amides is 1. The number of carbonyl (C=O) groups excluding carboxylic acids is 1. The highest BCUT2D eigenvalue weighted by atomic mass is 16.5. The molecule has 0 aliphatic carbocycles. The number of hydrogen-bond acceptors (Lipinski definition) is 4. The monoisotopic (exact) mass is 422 g/mol. The predicted molar refractivity (Wildman–Crippen MR) is 124 cm³/mol. The van der Waals surface area contributed by atoms with Crippen LogP contribution in [0, 0.1) is 11.8 Å². The van der Waals surface area contributed by atoms with Gasteiger partial charge in [0.25, 0.3) is 5.91 Å². The van der Waals surface area contributed by atoms with E-state index in [0.29, 0.717) is 29.5 Å². The number of rotatable bonds is 5. The topological polar surface area (TPSA) is 50.8 Å². The second-order valence-corrected chi connectivity index (χ2v) is 9.22. The van der Waals surface area contributed by atoms with E-state index in [2.05, 4.69) is 37.5 Å². The van der Waals surface area contributed by atoms with Crippen molar-refractivity contribution >= 4 is 11.5 Å². The van der Waals surface area contributed by atoms with Gasteiger partial charge in [0.2, 0.25) is 0 Å². The first-order valence-electron chi connectivity index (χ1n) is 11.3. The molecule has 1 N–H and O–H groups in total. The minimum absolute atomic E-state index is 0.00640. The maximum absolute atomic E-state index is 13.2. The molecule has 166 valence electrons. The van der Waals surface area contributed by atoms with Gasteiger partial charge in [-0.25, -0.2) is 0 Å². The van der Waals surface area contributed by atoms with Crippen LogP contribution in [0.2, 0.25) is 0 Å². The van der Waals surface area contributed by atoms with Gasteiger partial charge in [0.1, 0.15) is 0 Å². The van der Waals surface area contributed by atoms with E-state index < -0.39 is 0 Å². The second kappa shape index (κ2) is 8.91. The Morgan fingerprint density at radius 3 is 2.61 bits per heavy atom. The molecule has 4 rings (SSSR count). The first-order chi connectivity index (χ1) is 14.9. The summed E-state index contributed by atoms with van der Waals surface area (Å²) in [4.78, 5) is 15.1. The van der Waals surface area contributed by atoms with E-state index in [0.717, 1.165) is 29.9 Å². The summed E-state index contributed by atoms with van der Waals surface area (Å²) >= 11 is 0. The molecule has 2 saturated heterocycles. The number of nitrogens with zero attached hydrogens (tertiary/aromatic N) is 1. The van der Waals surface area contributed by atoms with Gasteiger partial charge in [-0.2, -0.15) is 0 Å². The van der Waals surface area contributed by atoms with Crippen LogP contribution in [0.4, 0.5) is 0 Å². The highest BCUT2D eigenvalue weighted by Crippen LogP contribution is 2.39. The fourth-order valence-corrected chi connectivity index (χ4v) is 5.23. The molecule has 5 atom stereocenters. The van der Waals surface area contributed by atoms with Gasteiger partial charge < -0.3 is 19.7 Å². The molecule has 31 heavy (non-hydrogen) atoms. The van der Waals surface area contributed by atoms with Gasteiger partial charge in [-0.1, -0.05) is 25.1 Å². The Labute approximate surface area is 185 Å². The van der Waals surface area contributed by atoms with Crippen LogP contribution in [0.3, 0.4) is 0 Å². The summed E-state index contributed by atoms with van der Waals surface area (Å²) in [6.45, 7) is 6.38. The van der Waals surface area contributed by atoms with Gasteiger partial charge in [-0.05, 0) is 73.8 Å². The van der Waals surface area contributed by atoms with Gasteiger partial charge >= 0.3 is 0 Å². The Balaban J connectivity index is 1.52. The molecule has 5 heteroatoms. The first kappa shape index (κ1) is 21.7. The second-order valence-electron chi connectivity index (χ2n) is 9.22. The lowest BCUT2D eigenvalue weighted by molar-refractivity contribution is -0.124. The molecule has 0 spiro atoms. The molecule has 0 radical (unpaired) electrons. The number of methoxy groups -OCH3 is 2. The highest BCUT2D eigenvalue weighted by molar-refractivity contribution is 5.96. The number of piperidine rings is 1. The minimum Gasteiger partial charge on any atom is -0.493 e. The number of ether oxygens (including phenoxy) is 2. The van der Waals surface area contributed by atoms with Crippen LogP contribution in [0.15, 0.2) is 48.2 Å². The summed E-state index contributed by atoms with van der Waals surface area (Å²) in [5.74, 6) is 2.61. The molecule has 0 aromatic heterocycles. The normalized spacial score (nSPS) is 30.2. The van der Waals surface area contributed by atoms with Crippen LogP contribution in [-0.2, 0) is 4.79 Å². The van der Waals surface area contributed by atoms with E-state index in [9.17, 15) is 4.79 Å². The van der Waals surface area contributed by atoms with Gasteiger partial charge in [0, 0.05) is 24.4 Å². The predicted octanol–water partition coefficient (Wildman–Crippen LogP) is 4.55. The zero-order valence-corrected chi connectivity index (χ0v) is 19.2. The van der Waals surface area contributed by atoms with Crippen molar-refractivity contribution in [2.75, 3.05) is 14.2 Å². The molecule has 1 amide bonds. The number of fused-ring (bicyclic) bond motifs is 2. The molecular weight excluding hydrogens is 388 g/mol. The standard InChI is InChI=1S/C26H34N2O3/c1-16(19-8-9-24(30-4)25(14-19)31-5)11-26(29)28-15-20(7-6-18(28)3)21-12-22-10-17(2)23(13-21)27-22/h6-9,11,14-15,17-18,21-23,27H,10,12-13H2,1-5H3/b16-11+/t17?,18?,21?,22-,23-/m1/s1. The first-order valence-corrected chi connectivity index (χ1v) is 11.3. The van der Waals surface area contributed by atoms with Gasteiger partial charge in [-0.15, -0.1) is 0 Å². The SMILES string of the molecule is COc1ccc(/C(C)=C/C(=O)N2C=C(C3C[C@H]4CC(C)[C@@H](C3)N4)C=CC2C)cc1OC. The van der Waals surface area contributed by atoms with E-state index in [4.69, 9.17) is 9.47 Å². The average Bonchev–Trinajstić information content (AvgIpc) is 3.03. The number of nitrogens with one attached hydrogen (secondary N) is 1. The van der Waals surface area contributed by atoms with Crippen LogP contribution < -0.4 is 14.8 Å². The van der Waals surface area contributed by atoms with Gasteiger partial charge in [0.15, 0.2) is 11.5 Å². The summed E-state index contributed by atoms with van der Waals surface area (Å²) in [6.07, 6.45) is 11.8. The third kappa shape index (κ3) is 4.42. The number of allylic oxidation sites excluding steroid dienone is 3. The Bertz CT molecular complexity index is 931. The van der Waals surface area contributed by atoms with Crippen LogP contribution in [0.1, 0.15) is 45.6 Å². The van der Waals surface area contributed by atoms with Crippen molar-refractivity contribution < 1.29 is 14.3 Å². The van der Waals surface area contributed by atoms with Crippen molar-refractivity contribution in [3.63, 3.8) is 0 Å². The van der Waals surface area contributed by atoms with Crippen molar-refractivity contribution in [1.82, 2.24) is 10.2 Å². The third-order valence-corrected chi connectivity index (χ3v) is 7.10. The Morgan fingerprint density at radius 2 is 1.90 bits per heavy atom. The molecule has 0 saturated carbocycles. The largest absolute Gasteiger partial charge is 0.493 e. The van der Waals surface area contributed by atoms with Crippen LogP contribution in [0.5, 0.6) is 11.5 Å². The summed E-state index contributed by atoms with van der Waals surface area (Å²) in [7, 11) is 3.24. The number of carbonyl (C=O) groups is 1. The van der Waals surface area contributed by atoms with Gasteiger partial charge in [0.05, 0.1) is 20.3 Å². The Kier molecular flexibility index (Phi) is 6.24. The van der Waals surface area contributed by atoms with Crippen molar-refractivity contribution in [1.29, 1.82) is 0 Å². The molecule has 5 nitrogen and oxygen atoms in total. The zero-order chi connectivity index (χ0) is 22.1. The fourth-order valence-electron chi connectivity index (χ4n) is 5.23. The van der Waals surface area contributed by atoms with E-state index in [1.807, 2.05) is 30.0 Å². The van der Waals surface area contributed by atoms with Crippen LogP contribution >= 0.6 is 0 Å². The van der Waals surface area contributed by atoms with Crippen molar-refractivity contribution in [2.45, 2.75) is 58.2 Å². The quantitative estimate of drug-likeness (QED) is 0.707. The summed E-state index contributed by atoms with van der Waals surface area (Å²) < 4.78 is 10.7. The number of hydrogen-bond donors (Lipinski definition) is 1. The molecule has 3 aliphatic heterocycles. The lowest BCUT2D eigenvalue weighted by Crippen LogP contribution is -2.41. The molecular formula is C26H34N2O3. The summed E-state index contributed by atoms with van der Waals surface area (Å²) in [6, 6.07) is 6.99. The van der Waals surface area contributed by atoms with E-state index in [-0.39, 0.29) is 11.9 Å². The van der Waals surface area contributed by atoms with E-state index in [1.165, 1.54) is 12.0 Å². The molecule has 2 fully saturated rings. The third-order valence-electron chi connectivity index (χ3n) is 7.10. The van der Waals surface area contributed by atoms with Crippen LogP contribution in [0.25, 0.3) is 5.57 Å². The van der Waals surface area contributed by atoms with E-state index >= 15 is 0 Å². The molecule has 2 bridgehead atoms. The van der Waals surface area contributed by atoms with Gasteiger partial charge in [-0.3, -0.25) is 4.79 Å². The van der Waals surface area contributed by atoms with Crippen molar-refractivity contribution in [3.8, 4) is 11.5 Å². The minimum atomic E-state index is 0.00640. The molecule has 1 aromatic carbocycles. The zero-order valence-electron chi connectivity index (χ0n) is 19.2. The number of benzene rings is 1. The summed E-state index contributed by atoms with van der Waals surface area (Å²) in [5, 5.41) is 3.75. The fraction of sp³-hybridized carbons (Fsp3) is 0.500. The smallest absolute Gasteiger partial charge is 0.251 e. The average molecular weight is 423 g/mol. The molecule has 3 unspecified atom stereocenters. The molecule has 3 aliphatic rings. The Hall–Kier alpha value is -2.53. The highest BCUT2D eigenvalue weighted by Gasteiger charge is 2.39. The maximum Gasteiger partial charge on any atom is 0.251 e. The molecule has 1 aromatic rings. The summed E-state index contributed by atoms with van der Waals surface area (Å²) in [5.41, 5.74) is 3.13. The molecule has 3 heterocycles. The van der Waals surface area contributed by atoms with Crippen molar-refractivity contribution in [3.05, 3.63) is 53.8 Å². The maximum atomic E-state index is 13.2. The lowest BCUT2D eigenvalue weighted by Gasteiger charge is -2.34. The van der Waals surface area contributed by atoms with E-state index in [1.54, 1.807) is 20.3 Å².